The molecule has 5 aromatic rings. The standard InChI is InChI=1S/C37H35N5O5S/c1-22-3-8-30-32(17-22)48-36(40-30)28-6-4-24(18-23(28)2)25-11-12-38-33(20-25)39-13-14-46-15-16-47-27-5-7-29-26(19-27)21-42(37(29)45)31-9-10-34(43)41-35(31)44/h3-8,11-12,17-20,31H,9-10,13-16,21H2,1-2H3,(H,38,39)(H,41,43,44). The molecule has 0 spiro atoms. The molecule has 0 saturated carbocycles. The molecule has 11 heteroatoms. The zero-order valence-corrected chi connectivity index (χ0v) is 27.6. The first kappa shape index (κ1) is 31.5. The monoisotopic (exact) mass is 661 g/mol. The van der Waals surface area contributed by atoms with Crippen LogP contribution in [-0.4, -0.2) is 65.0 Å². The van der Waals surface area contributed by atoms with Crippen LogP contribution in [0.15, 0.2) is 72.9 Å². The highest BCUT2D eigenvalue weighted by molar-refractivity contribution is 7.21. The van der Waals surface area contributed by atoms with E-state index in [4.69, 9.17) is 14.5 Å². The summed E-state index contributed by atoms with van der Waals surface area (Å²) in [7, 11) is 0. The topological polar surface area (TPSA) is 123 Å². The maximum absolute atomic E-state index is 12.9. The molecule has 2 aliphatic heterocycles. The number of nitrogens with zero attached hydrogens (tertiary/aromatic N) is 3. The molecule has 2 aromatic heterocycles. The number of carbonyl (C=O) groups excluding carboxylic acids is 3. The van der Waals surface area contributed by atoms with Gasteiger partial charge in [-0.2, -0.15) is 0 Å². The molecule has 244 valence electrons. The number of imide groups is 1. The summed E-state index contributed by atoms with van der Waals surface area (Å²) >= 11 is 1.72. The van der Waals surface area contributed by atoms with Gasteiger partial charge in [-0.3, -0.25) is 19.7 Å². The number of fused-ring (bicyclic) bond motifs is 2. The molecular formula is C37H35N5O5S. The molecule has 2 aliphatic rings. The van der Waals surface area contributed by atoms with Crippen molar-refractivity contribution in [3.8, 4) is 27.4 Å². The van der Waals surface area contributed by atoms with Crippen LogP contribution in [0.5, 0.6) is 5.75 Å². The van der Waals surface area contributed by atoms with Gasteiger partial charge in [-0.15, -0.1) is 11.3 Å². The number of aromatic nitrogens is 2. The molecule has 1 fully saturated rings. The number of hydrogen-bond donors (Lipinski definition) is 2. The van der Waals surface area contributed by atoms with Gasteiger partial charge in [0.05, 0.1) is 23.4 Å². The highest BCUT2D eigenvalue weighted by atomic mass is 32.1. The summed E-state index contributed by atoms with van der Waals surface area (Å²) in [6.45, 7) is 6.35. The molecule has 3 aromatic carbocycles. The maximum atomic E-state index is 12.9. The van der Waals surface area contributed by atoms with Crippen LogP contribution >= 0.6 is 11.3 Å². The third-order valence-electron chi connectivity index (χ3n) is 8.64. The quantitative estimate of drug-likeness (QED) is 0.132. The van der Waals surface area contributed by atoms with Gasteiger partial charge in [0.1, 0.15) is 29.2 Å². The van der Waals surface area contributed by atoms with Gasteiger partial charge in [-0.1, -0.05) is 24.3 Å². The van der Waals surface area contributed by atoms with Gasteiger partial charge in [0, 0.05) is 36.8 Å². The molecule has 7 rings (SSSR count). The number of amides is 3. The Morgan fingerprint density at radius 1 is 0.938 bits per heavy atom. The number of benzene rings is 3. The second-order valence-electron chi connectivity index (χ2n) is 12.1. The lowest BCUT2D eigenvalue weighted by Gasteiger charge is -2.29. The average molecular weight is 662 g/mol. The Morgan fingerprint density at radius 2 is 1.79 bits per heavy atom. The number of anilines is 1. The molecule has 2 N–H and O–H groups in total. The molecule has 3 amide bonds. The summed E-state index contributed by atoms with van der Waals surface area (Å²) in [4.78, 5) is 47.5. The third-order valence-corrected chi connectivity index (χ3v) is 9.69. The van der Waals surface area contributed by atoms with Crippen molar-refractivity contribution in [1.29, 1.82) is 0 Å². The summed E-state index contributed by atoms with van der Waals surface area (Å²) in [6, 6.07) is 21.6. The number of nitrogens with one attached hydrogen (secondary N) is 2. The molecule has 48 heavy (non-hydrogen) atoms. The van der Waals surface area contributed by atoms with Crippen LogP contribution in [0.3, 0.4) is 0 Å². The van der Waals surface area contributed by atoms with E-state index in [1.54, 1.807) is 29.7 Å². The zero-order valence-electron chi connectivity index (χ0n) is 26.7. The van der Waals surface area contributed by atoms with Gasteiger partial charge >= 0.3 is 0 Å². The fourth-order valence-electron chi connectivity index (χ4n) is 6.15. The summed E-state index contributed by atoms with van der Waals surface area (Å²) in [6.07, 6.45) is 2.37. The zero-order chi connectivity index (χ0) is 33.2. The molecule has 0 aliphatic carbocycles. The van der Waals surface area contributed by atoms with Crippen LogP contribution in [0, 0.1) is 13.8 Å². The van der Waals surface area contributed by atoms with Crippen LogP contribution in [0.2, 0.25) is 0 Å². The van der Waals surface area contributed by atoms with E-state index in [0.717, 1.165) is 38.6 Å². The predicted molar refractivity (Wildman–Crippen MR) is 185 cm³/mol. The molecule has 1 saturated heterocycles. The van der Waals surface area contributed by atoms with E-state index in [9.17, 15) is 14.4 Å². The Balaban J connectivity index is 0.866. The van der Waals surface area contributed by atoms with E-state index in [1.807, 2.05) is 18.2 Å². The van der Waals surface area contributed by atoms with Crippen LogP contribution < -0.4 is 15.4 Å². The Morgan fingerprint density at radius 3 is 2.65 bits per heavy atom. The first-order valence-electron chi connectivity index (χ1n) is 16.0. The molecule has 4 heterocycles. The summed E-state index contributed by atoms with van der Waals surface area (Å²) in [5, 5.41) is 6.69. The number of carbonyl (C=O) groups is 3. The molecule has 0 bridgehead atoms. The van der Waals surface area contributed by atoms with Gasteiger partial charge in [-0.05, 0) is 90.6 Å². The van der Waals surface area contributed by atoms with Gasteiger partial charge in [-0.25, -0.2) is 9.97 Å². The van der Waals surface area contributed by atoms with Crippen molar-refractivity contribution >= 4 is 45.1 Å². The fourth-order valence-corrected chi connectivity index (χ4v) is 7.30. The van der Waals surface area contributed by atoms with Crippen LogP contribution in [0.1, 0.15) is 39.9 Å². The van der Waals surface area contributed by atoms with Gasteiger partial charge < -0.3 is 19.7 Å². The van der Waals surface area contributed by atoms with Crippen molar-refractivity contribution in [2.24, 2.45) is 0 Å². The van der Waals surface area contributed by atoms with Gasteiger partial charge in [0.2, 0.25) is 11.8 Å². The maximum Gasteiger partial charge on any atom is 0.255 e. The molecule has 10 nitrogen and oxygen atoms in total. The minimum Gasteiger partial charge on any atom is -0.491 e. The highest BCUT2D eigenvalue weighted by Gasteiger charge is 2.39. The second-order valence-corrected chi connectivity index (χ2v) is 13.1. The third kappa shape index (κ3) is 6.65. The number of pyridine rings is 1. The first-order valence-corrected chi connectivity index (χ1v) is 16.8. The predicted octanol–water partition coefficient (Wildman–Crippen LogP) is 5.91. The Hall–Kier alpha value is -5.13. The molecular weight excluding hydrogens is 627 g/mol. The van der Waals surface area contributed by atoms with E-state index in [1.165, 1.54) is 20.7 Å². The van der Waals surface area contributed by atoms with Crippen molar-refractivity contribution in [1.82, 2.24) is 20.2 Å². The van der Waals surface area contributed by atoms with E-state index in [2.05, 4.69) is 65.9 Å². The summed E-state index contributed by atoms with van der Waals surface area (Å²) in [5.41, 5.74) is 8.14. The smallest absolute Gasteiger partial charge is 0.255 e. The lowest BCUT2D eigenvalue weighted by atomic mass is 10.0. The van der Waals surface area contributed by atoms with Crippen molar-refractivity contribution in [3.63, 3.8) is 0 Å². The first-order chi connectivity index (χ1) is 23.3. The minimum absolute atomic E-state index is 0.203. The van der Waals surface area contributed by atoms with Gasteiger partial charge in [0.25, 0.3) is 5.91 Å². The Bertz CT molecular complexity index is 2040. The van der Waals surface area contributed by atoms with Crippen LogP contribution in [0.4, 0.5) is 5.82 Å². The summed E-state index contributed by atoms with van der Waals surface area (Å²) < 4.78 is 12.8. The van der Waals surface area contributed by atoms with Crippen molar-refractivity contribution in [2.75, 3.05) is 31.7 Å². The normalized spacial score (nSPS) is 15.9. The van der Waals surface area contributed by atoms with E-state index in [0.29, 0.717) is 50.6 Å². The lowest BCUT2D eigenvalue weighted by molar-refractivity contribution is -0.136. The van der Waals surface area contributed by atoms with E-state index >= 15 is 0 Å². The largest absolute Gasteiger partial charge is 0.491 e. The lowest BCUT2D eigenvalue weighted by Crippen LogP contribution is -2.52. The van der Waals surface area contributed by atoms with Crippen LogP contribution in [0.25, 0.3) is 31.9 Å². The van der Waals surface area contributed by atoms with E-state index in [-0.39, 0.29) is 18.2 Å². The van der Waals surface area contributed by atoms with Crippen LogP contribution in [-0.2, 0) is 20.9 Å². The molecule has 0 radical (unpaired) electrons. The number of ether oxygens (including phenoxy) is 2. The second kappa shape index (κ2) is 13.5. The number of thiazole rings is 1. The molecule has 1 atom stereocenters. The highest BCUT2D eigenvalue weighted by Crippen LogP contribution is 2.35. The minimum atomic E-state index is -0.636. The SMILES string of the molecule is Cc1ccc2nc(-c3ccc(-c4ccnc(NCCOCCOc5ccc6c(c5)CN(C5CCC(=O)NC5=O)C6=O)c4)cc3C)sc2c1. The number of hydrogen-bond acceptors (Lipinski definition) is 9. The average Bonchev–Trinajstić information content (AvgIpc) is 3.64. The number of piperidine rings is 1. The Labute approximate surface area is 282 Å². The van der Waals surface area contributed by atoms with E-state index < -0.39 is 11.9 Å². The van der Waals surface area contributed by atoms with Crippen molar-refractivity contribution < 1.29 is 23.9 Å². The van der Waals surface area contributed by atoms with Crippen molar-refractivity contribution in [3.05, 3.63) is 95.2 Å². The van der Waals surface area contributed by atoms with Crippen molar-refractivity contribution in [2.45, 2.75) is 39.3 Å². The number of rotatable bonds is 11. The number of aryl methyl sites for hydroxylation is 2. The van der Waals surface area contributed by atoms with Gasteiger partial charge in [0.15, 0.2) is 0 Å². The fraction of sp³-hybridized carbons (Fsp3) is 0.270. The summed E-state index contributed by atoms with van der Waals surface area (Å²) in [5.74, 6) is 0.480. The Kier molecular flexibility index (Phi) is 8.88. The molecule has 1 unspecified atom stereocenters.